The quantitative estimate of drug-likeness (QED) is 0.710. The first-order chi connectivity index (χ1) is 13.1. The molecule has 3 amide bonds. The van der Waals surface area contributed by atoms with E-state index in [1.807, 2.05) is 24.3 Å². The van der Waals surface area contributed by atoms with Crippen molar-refractivity contribution in [1.29, 1.82) is 0 Å². The summed E-state index contributed by atoms with van der Waals surface area (Å²) in [6.07, 6.45) is 1.70. The van der Waals surface area contributed by atoms with Crippen LogP contribution in [0.2, 0.25) is 0 Å². The normalized spacial score (nSPS) is 13.1. The van der Waals surface area contributed by atoms with Crippen LogP contribution in [0.1, 0.15) is 32.8 Å². The van der Waals surface area contributed by atoms with Gasteiger partial charge in [-0.15, -0.1) is 0 Å². The van der Waals surface area contributed by atoms with Crippen LogP contribution >= 0.6 is 0 Å². The van der Waals surface area contributed by atoms with E-state index in [0.29, 0.717) is 23.1 Å². The Bertz CT molecular complexity index is 996. The van der Waals surface area contributed by atoms with Crippen LogP contribution in [0.5, 0.6) is 0 Å². The number of pyridine rings is 1. The summed E-state index contributed by atoms with van der Waals surface area (Å²) in [5, 5.41) is 4.30. The Morgan fingerprint density at radius 2 is 1.63 bits per heavy atom. The Labute approximate surface area is 155 Å². The van der Waals surface area contributed by atoms with Gasteiger partial charge in [0.2, 0.25) is 5.91 Å². The molecule has 0 radical (unpaired) electrons. The molecule has 2 heterocycles. The van der Waals surface area contributed by atoms with Crippen LogP contribution in [0.25, 0.3) is 10.8 Å². The molecule has 1 aliphatic rings. The summed E-state index contributed by atoms with van der Waals surface area (Å²) < 4.78 is 0. The molecule has 1 aromatic heterocycles. The summed E-state index contributed by atoms with van der Waals surface area (Å²) in [5.41, 5.74) is 1.74. The summed E-state index contributed by atoms with van der Waals surface area (Å²) in [4.78, 5) is 42.9. The topological polar surface area (TPSA) is 79.4 Å². The Kier molecular flexibility index (Phi) is 4.38. The van der Waals surface area contributed by atoms with E-state index in [4.69, 9.17) is 0 Å². The number of hydrogen-bond acceptors (Lipinski definition) is 4. The second kappa shape index (κ2) is 6.99. The molecule has 0 saturated heterocycles. The zero-order chi connectivity index (χ0) is 18.8. The van der Waals surface area contributed by atoms with Crippen molar-refractivity contribution in [3.63, 3.8) is 0 Å². The molecule has 27 heavy (non-hydrogen) atoms. The monoisotopic (exact) mass is 359 g/mol. The molecular formula is C21H17N3O3. The number of aromatic nitrogens is 1. The Balaban J connectivity index is 1.46. The SMILES string of the molecule is O=C(CCN1C(=O)c2cccc3cccc(c23)C1=O)NCc1ccccn1. The Morgan fingerprint density at radius 1 is 0.926 bits per heavy atom. The van der Waals surface area contributed by atoms with E-state index in [9.17, 15) is 14.4 Å². The first kappa shape index (κ1) is 16.9. The molecule has 4 rings (SSSR count). The maximum Gasteiger partial charge on any atom is 0.261 e. The van der Waals surface area contributed by atoms with E-state index >= 15 is 0 Å². The highest BCUT2D eigenvalue weighted by atomic mass is 16.2. The van der Waals surface area contributed by atoms with Crippen LogP contribution in [-0.2, 0) is 11.3 Å². The Hall–Kier alpha value is -3.54. The van der Waals surface area contributed by atoms with Crippen molar-refractivity contribution in [1.82, 2.24) is 15.2 Å². The summed E-state index contributed by atoms with van der Waals surface area (Å²) in [6.45, 7) is 0.347. The number of nitrogens with one attached hydrogen (secondary N) is 1. The van der Waals surface area contributed by atoms with Crippen molar-refractivity contribution >= 4 is 28.5 Å². The van der Waals surface area contributed by atoms with E-state index in [-0.39, 0.29) is 30.7 Å². The van der Waals surface area contributed by atoms with Crippen LogP contribution < -0.4 is 5.32 Å². The predicted octanol–water partition coefficient (Wildman–Crippen LogP) is 2.54. The summed E-state index contributed by atoms with van der Waals surface area (Å²) in [6, 6.07) is 16.3. The van der Waals surface area contributed by atoms with Crippen molar-refractivity contribution in [2.24, 2.45) is 0 Å². The molecule has 0 aliphatic carbocycles. The molecule has 3 aromatic rings. The fourth-order valence-electron chi connectivity index (χ4n) is 3.28. The number of benzene rings is 2. The highest BCUT2D eigenvalue weighted by Gasteiger charge is 2.32. The molecule has 0 fully saturated rings. The van der Waals surface area contributed by atoms with Crippen molar-refractivity contribution in [3.05, 3.63) is 77.6 Å². The molecule has 6 heteroatoms. The molecule has 0 saturated carbocycles. The number of imide groups is 1. The fraction of sp³-hybridized carbons (Fsp3) is 0.143. The first-order valence-electron chi connectivity index (χ1n) is 8.69. The van der Waals surface area contributed by atoms with Gasteiger partial charge in [0.25, 0.3) is 11.8 Å². The fourth-order valence-corrected chi connectivity index (χ4v) is 3.28. The number of nitrogens with zero attached hydrogens (tertiary/aromatic N) is 2. The van der Waals surface area contributed by atoms with Gasteiger partial charge in [-0.2, -0.15) is 0 Å². The van der Waals surface area contributed by atoms with Gasteiger partial charge in [0.05, 0.1) is 12.2 Å². The third kappa shape index (κ3) is 3.17. The molecule has 1 N–H and O–H groups in total. The van der Waals surface area contributed by atoms with E-state index in [1.54, 1.807) is 36.5 Å². The highest BCUT2D eigenvalue weighted by molar-refractivity contribution is 6.25. The van der Waals surface area contributed by atoms with E-state index in [0.717, 1.165) is 16.0 Å². The van der Waals surface area contributed by atoms with Gasteiger partial charge < -0.3 is 5.32 Å². The lowest BCUT2D eigenvalue weighted by Crippen LogP contribution is -2.42. The third-order valence-electron chi connectivity index (χ3n) is 4.61. The number of carbonyl (C=O) groups excluding carboxylic acids is 3. The van der Waals surface area contributed by atoms with Gasteiger partial charge in [-0.3, -0.25) is 24.3 Å². The molecule has 6 nitrogen and oxygen atoms in total. The average molecular weight is 359 g/mol. The first-order valence-corrected chi connectivity index (χ1v) is 8.69. The minimum absolute atomic E-state index is 0.0381. The van der Waals surface area contributed by atoms with E-state index in [2.05, 4.69) is 10.3 Å². The molecule has 0 atom stereocenters. The molecular weight excluding hydrogens is 342 g/mol. The molecule has 0 unspecified atom stereocenters. The summed E-state index contributed by atoms with van der Waals surface area (Å²) in [5.74, 6) is -0.957. The lowest BCUT2D eigenvalue weighted by molar-refractivity contribution is -0.121. The molecule has 1 aliphatic heterocycles. The van der Waals surface area contributed by atoms with Crippen LogP contribution in [0.3, 0.4) is 0 Å². The largest absolute Gasteiger partial charge is 0.350 e. The predicted molar refractivity (Wildman–Crippen MR) is 100 cm³/mol. The lowest BCUT2D eigenvalue weighted by atomic mass is 9.94. The maximum atomic E-state index is 12.8. The summed E-state index contributed by atoms with van der Waals surface area (Å²) >= 11 is 0. The standard InChI is InChI=1S/C21H17N3O3/c25-18(23-13-15-7-1-2-11-22-15)10-12-24-20(26)16-8-3-5-14-6-4-9-17(19(14)16)21(24)27/h1-9,11H,10,12-13H2,(H,23,25). The van der Waals surface area contributed by atoms with Crippen LogP contribution in [0, 0.1) is 0 Å². The van der Waals surface area contributed by atoms with Gasteiger partial charge in [-0.05, 0) is 29.7 Å². The molecule has 0 spiro atoms. The molecule has 134 valence electrons. The summed E-state index contributed by atoms with van der Waals surface area (Å²) in [7, 11) is 0. The Morgan fingerprint density at radius 3 is 2.26 bits per heavy atom. The number of hydrogen-bond donors (Lipinski definition) is 1. The average Bonchev–Trinajstić information content (AvgIpc) is 2.71. The number of amides is 3. The third-order valence-corrected chi connectivity index (χ3v) is 4.61. The van der Waals surface area contributed by atoms with Gasteiger partial charge in [0, 0.05) is 35.7 Å². The van der Waals surface area contributed by atoms with Crippen LogP contribution in [0.15, 0.2) is 60.8 Å². The lowest BCUT2D eigenvalue weighted by Gasteiger charge is -2.27. The van der Waals surface area contributed by atoms with Gasteiger partial charge in [-0.1, -0.05) is 30.3 Å². The smallest absolute Gasteiger partial charge is 0.261 e. The van der Waals surface area contributed by atoms with Crippen LogP contribution in [-0.4, -0.2) is 34.2 Å². The molecule has 0 bridgehead atoms. The van der Waals surface area contributed by atoms with E-state index in [1.165, 1.54) is 0 Å². The maximum absolute atomic E-state index is 12.8. The minimum atomic E-state index is -0.359. The van der Waals surface area contributed by atoms with Gasteiger partial charge in [-0.25, -0.2) is 0 Å². The second-order valence-electron chi connectivity index (χ2n) is 6.32. The zero-order valence-electron chi connectivity index (χ0n) is 14.5. The van der Waals surface area contributed by atoms with Gasteiger partial charge in [0.15, 0.2) is 0 Å². The highest BCUT2D eigenvalue weighted by Crippen LogP contribution is 2.29. The minimum Gasteiger partial charge on any atom is -0.350 e. The van der Waals surface area contributed by atoms with Gasteiger partial charge >= 0.3 is 0 Å². The van der Waals surface area contributed by atoms with Crippen molar-refractivity contribution in [2.75, 3.05) is 6.54 Å². The van der Waals surface area contributed by atoms with Crippen molar-refractivity contribution in [3.8, 4) is 0 Å². The number of carbonyl (C=O) groups is 3. The van der Waals surface area contributed by atoms with Crippen molar-refractivity contribution < 1.29 is 14.4 Å². The number of rotatable bonds is 5. The zero-order valence-corrected chi connectivity index (χ0v) is 14.5. The van der Waals surface area contributed by atoms with E-state index < -0.39 is 0 Å². The van der Waals surface area contributed by atoms with Crippen LogP contribution in [0.4, 0.5) is 0 Å². The van der Waals surface area contributed by atoms with Crippen molar-refractivity contribution in [2.45, 2.75) is 13.0 Å². The molecule has 2 aromatic carbocycles. The van der Waals surface area contributed by atoms with Gasteiger partial charge in [0.1, 0.15) is 0 Å². The second-order valence-corrected chi connectivity index (χ2v) is 6.32.